The normalized spacial score (nSPS) is 16.1. The number of nitrogens with one attached hydrogen (secondary N) is 1. The lowest BCUT2D eigenvalue weighted by Crippen LogP contribution is -2.50. The Morgan fingerprint density at radius 1 is 1.00 bits per heavy atom. The van der Waals surface area contributed by atoms with E-state index in [1.165, 1.54) is 6.07 Å². The van der Waals surface area contributed by atoms with Gasteiger partial charge < -0.3 is 24.4 Å². The molecule has 0 aliphatic carbocycles. The van der Waals surface area contributed by atoms with Gasteiger partial charge in [-0.15, -0.1) is 0 Å². The van der Waals surface area contributed by atoms with Crippen molar-refractivity contribution in [3.8, 4) is 17.2 Å². The molecule has 35 heavy (non-hydrogen) atoms. The highest BCUT2D eigenvalue weighted by Crippen LogP contribution is 2.36. The van der Waals surface area contributed by atoms with Crippen LogP contribution in [0.25, 0.3) is 0 Å². The average molecular weight is 478 g/mol. The van der Waals surface area contributed by atoms with E-state index in [2.05, 4.69) is 15.1 Å². The number of fused-ring (bicyclic) bond motifs is 1. The number of benzene rings is 3. The first-order valence-corrected chi connectivity index (χ1v) is 11.7. The molecule has 1 unspecified atom stereocenters. The number of halogens is 1. The quantitative estimate of drug-likeness (QED) is 0.558. The van der Waals surface area contributed by atoms with E-state index in [4.69, 9.17) is 14.2 Å². The van der Waals surface area contributed by atoms with Crippen LogP contribution in [0.2, 0.25) is 0 Å². The number of methoxy groups -OCH3 is 1. The molecule has 5 rings (SSSR count). The van der Waals surface area contributed by atoms with Gasteiger partial charge in [0.05, 0.1) is 18.8 Å². The second-order valence-corrected chi connectivity index (χ2v) is 8.54. The molecule has 1 N–H and O–H groups in total. The van der Waals surface area contributed by atoms with Crippen LogP contribution in [0.15, 0.2) is 66.7 Å². The number of hydrogen-bond donors (Lipinski definition) is 1. The molecular weight excluding hydrogens is 449 g/mol. The summed E-state index contributed by atoms with van der Waals surface area (Å²) in [5.74, 6) is 1.68. The van der Waals surface area contributed by atoms with Gasteiger partial charge >= 0.3 is 0 Å². The number of carbonyl (C=O) groups excluding carboxylic acids is 1. The van der Waals surface area contributed by atoms with Gasteiger partial charge in [-0.25, -0.2) is 4.39 Å². The first kappa shape index (κ1) is 23.0. The third kappa shape index (κ3) is 5.02. The van der Waals surface area contributed by atoms with E-state index >= 15 is 0 Å². The summed E-state index contributed by atoms with van der Waals surface area (Å²) in [6.45, 7) is 3.44. The zero-order chi connectivity index (χ0) is 24.2. The Kier molecular flexibility index (Phi) is 6.72. The fraction of sp³-hybridized carbons (Fsp3) is 0.296. The van der Waals surface area contributed by atoms with Crippen LogP contribution in [0, 0.1) is 5.82 Å². The van der Waals surface area contributed by atoms with Crippen LogP contribution in [0.4, 0.5) is 10.1 Å². The lowest BCUT2D eigenvalue weighted by Gasteiger charge is -2.40. The second kappa shape index (κ2) is 10.2. The number of rotatable bonds is 7. The SMILES string of the molecule is COc1cccc(C(=O)NCC(c2ccc3c(c2)OCO3)N2CCN(c3ccccc3F)CC2)c1. The smallest absolute Gasteiger partial charge is 0.251 e. The highest BCUT2D eigenvalue weighted by molar-refractivity contribution is 5.94. The Bertz CT molecular complexity index is 1200. The monoisotopic (exact) mass is 477 g/mol. The lowest BCUT2D eigenvalue weighted by molar-refractivity contribution is 0.0929. The summed E-state index contributed by atoms with van der Waals surface area (Å²) in [4.78, 5) is 17.3. The minimum absolute atomic E-state index is 0.0816. The molecule has 3 aromatic carbocycles. The maximum atomic E-state index is 14.3. The van der Waals surface area contributed by atoms with Gasteiger partial charge in [-0.05, 0) is 48.0 Å². The molecule has 7 nitrogen and oxygen atoms in total. The maximum absolute atomic E-state index is 14.3. The van der Waals surface area contributed by atoms with Crippen LogP contribution in [-0.2, 0) is 0 Å². The van der Waals surface area contributed by atoms with Crippen molar-refractivity contribution >= 4 is 11.6 Å². The first-order chi connectivity index (χ1) is 17.1. The summed E-state index contributed by atoms with van der Waals surface area (Å²) in [6, 6.07) is 19.8. The van der Waals surface area contributed by atoms with E-state index in [0.29, 0.717) is 42.4 Å². The number of amides is 1. The molecule has 0 spiro atoms. The lowest BCUT2D eigenvalue weighted by atomic mass is 10.0. The van der Waals surface area contributed by atoms with E-state index in [0.717, 1.165) is 24.4 Å². The fourth-order valence-corrected chi connectivity index (χ4v) is 4.62. The number of ether oxygens (including phenoxy) is 3. The maximum Gasteiger partial charge on any atom is 0.251 e. The molecule has 2 aliphatic heterocycles. The predicted octanol–water partition coefficient (Wildman–Crippen LogP) is 3.86. The van der Waals surface area contributed by atoms with Gasteiger partial charge in [0.1, 0.15) is 11.6 Å². The number of anilines is 1. The molecule has 2 aliphatic rings. The number of carbonyl (C=O) groups is 1. The summed E-state index contributed by atoms with van der Waals surface area (Å²) < 4.78 is 30.6. The van der Waals surface area contributed by atoms with Gasteiger partial charge in [0.15, 0.2) is 11.5 Å². The Labute approximate surface area is 204 Å². The van der Waals surface area contributed by atoms with Gasteiger partial charge in [-0.2, -0.15) is 0 Å². The van der Waals surface area contributed by atoms with Crippen molar-refractivity contribution in [2.24, 2.45) is 0 Å². The van der Waals surface area contributed by atoms with Crippen molar-refractivity contribution < 1.29 is 23.4 Å². The Morgan fingerprint density at radius 3 is 2.60 bits per heavy atom. The zero-order valence-corrected chi connectivity index (χ0v) is 19.6. The molecule has 1 amide bonds. The fourth-order valence-electron chi connectivity index (χ4n) is 4.62. The molecule has 3 aromatic rings. The van der Waals surface area contributed by atoms with Crippen LogP contribution < -0.4 is 24.4 Å². The van der Waals surface area contributed by atoms with Crippen LogP contribution in [0.1, 0.15) is 22.0 Å². The molecule has 1 saturated heterocycles. The molecule has 1 atom stereocenters. The van der Waals surface area contributed by atoms with Gasteiger partial charge in [-0.3, -0.25) is 9.69 Å². The van der Waals surface area contributed by atoms with E-state index in [1.807, 2.05) is 30.3 Å². The standard InChI is InChI=1S/C27H28FN3O4/c1-33-21-6-4-5-20(15-21)27(32)29-17-24(19-9-10-25-26(16-19)35-18-34-25)31-13-11-30(12-14-31)23-8-3-2-7-22(23)28/h2-10,15-16,24H,11-14,17-18H2,1H3,(H,29,32). The molecule has 8 heteroatoms. The van der Waals surface area contributed by atoms with E-state index in [-0.39, 0.29) is 24.6 Å². The Morgan fingerprint density at radius 2 is 1.80 bits per heavy atom. The van der Waals surface area contributed by atoms with Crippen LogP contribution in [0.3, 0.4) is 0 Å². The van der Waals surface area contributed by atoms with Crippen molar-refractivity contribution in [2.75, 3.05) is 51.5 Å². The summed E-state index contributed by atoms with van der Waals surface area (Å²) in [5, 5.41) is 3.08. The highest BCUT2D eigenvalue weighted by atomic mass is 19.1. The van der Waals surface area contributed by atoms with Crippen molar-refractivity contribution in [1.29, 1.82) is 0 Å². The summed E-state index contributed by atoms with van der Waals surface area (Å²) >= 11 is 0. The molecule has 2 heterocycles. The van der Waals surface area contributed by atoms with Gasteiger partial charge in [0.25, 0.3) is 5.91 Å². The topological polar surface area (TPSA) is 63.3 Å². The van der Waals surface area contributed by atoms with E-state index in [9.17, 15) is 9.18 Å². The predicted molar refractivity (Wildman–Crippen MR) is 131 cm³/mol. The van der Waals surface area contributed by atoms with Crippen molar-refractivity contribution in [3.05, 3.63) is 83.7 Å². The second-order valence-electron chi connectivity index (χ2n) is 8.54. The van der Waals surface area contributed by atoms with Crippen LogP contribution in [0.5, 0.6) is 17.2 Å². The van der Waals surface area contributed by atoms with E-state index < -0.39 is 0 Å². The van der Waals surface area contributed by atoms with E-state index in [1.54, 1.807) is 37.4 Å². The van der Waals surface area contributed by atoms with Crippen LogP contribution >= 0.6 is 0 Å². The molecule has 0 radical (unpaired) electrons. The molecule has 0 bridgehead atoms. The van der Waals surface area contributed by atoms with Crippen LogP contribution in [-0.4, -0.2) is 57.4 Å². The average Bonchev–Trinajstić information content (AvgIpc) is 3.38. The molecule has 182 valence electrons. The molecule has 1 fully saturated rings. The zero-order valence-electron chi connectivity index (χ0n) is 19.6. The number of para-hydroxylation sites is 1. The minimum atomic E-state index is -0.209. The van der Waals surface area contributed by atoms with Gasteiger partial charge in [0, 0.05) is 38.3 Å². The highest BCUT2D eigenvalue weighted by Gasteiger charge is 2.28. The van der Waals surface area contributed by atoms with Crippen molar-refractivity contribution in [2.45, 2.75) is 6.04 Å². The molecule has 0 aromatic heterocycles. The Balaban J connectivity index is 1.33. The summed E-state index contributed by atoms with van der Waals surface area (Å²) in [7, 11) is 1.58. The summed E-state index contributed by atoms with van der Waals surface area (Å²) in [5.41, 5.74) is 2.19. The first-order valence-electron chi connectivity index (χ1n) is 11.7. The van der Waals surface area contributed by atoms with Crippen molar-refractivity contribution in [1.82, 2.24) is 10.2 Å². The summed E-state index contributed by atoms with van der Waals surface area (Å²) in [6.07, 6.45) is 0. The third-order valence-corrected chi connectivity index (χ3v) is 6.52. The molecular formula is C27H28FN3O4. The minimum Gasteiger partial charge on any atom is -0.497 e. The molecule has 0 saturated carbocycles. The van der Waals surface area contributed by atoms with Gasteiger partial charge in [-0.1, -0.05) is 24.3 Å². The number of hydrogen-bond acceptors (Lipinski definition) is 6. The largest absolute Gasteiger partial charge is 0.497 e. The van der Waals surface area contributed by atoms with Crippen molar-refractivity contribution in [3.63, 3.8) is 0 Å². The third-order valence-electron chi connectivity index (χ3n) is 6.52. The number of nitrogens with zero attached hydrogens (tertiary/aromatic N) is 2. The Hall–Kier alpha value is -3.78. The number of piperazine rings is 1. The van der Waals surface area contributed by atoms with Gasteiger partial charge in [0.2, 0.25) is 6.79 Å².